The van der Waals surface area contributed by atoms with E-state index in [0.717, 1.165) is 67.4 Å². The third-order valence-corrected chi connectivity index (χ3v) is 8.05. The Labute approximate surface area is 232 Å². The van der Waals surface area contributed by atoms with Crippen LogP contribution in [0.3, 0.4) is 0 Å². The van der Waals surface area contributed by atoms with Crippen LogP contribution in [0.5, 0.6) is 11.5 Å². The molecule has 2 N–H and O–H groups in total. The Kier molecular flexibility index (Phi) is 10.2. The Morgan fingerprint density at radius 3 is 2.49 bits per heavy atom. The molecule has 1 saturated carbocycles. The van der Waals surface area contributed by atoms with Crippen LogP contribution < -0.4 is 15.2 Å². The largest absolute Gasteiger partial charge is 0.493 e. The summed E-state index contributed by atoms with van der Waals surface area (Å²) in [5.41, 5.74) is 10.0. The van der Waals surface area contributed by atoms with Crippen LogP contribution in [0.25, 0.3) is 0 Å². The molecule has 2 aromatic carbocycles. The van der Waals surface area contributed by atoms with Crippen LogP contribution in [-0.2, 0) is 4.79 Å². The summed E-state index contributed by atoms with van der Waals surface area (Å²) >= 11 is 0. The van der Waals surface area contributed by atoms with Gasteiger partial charge in [-0.25, -0.2) is 0 Å². The molecule has 0 aromatic heterocycles. The summed E-state index contributed by atoms with van der Waals surface area (Å²) in [4.78, 5) is 24.7. The molecule has 2 aliphatic rings. The first-order valence-corrected chi connectivity index (χ1v) is 14.5. The topological polar surface area (TPSA) is 94.2 Å². The van der Waals surface area contributed by atoms with Gasteiger partial charge in [0.1, 0.15) is 18.5 Å². The fraction of sp³-hybridized carbons (Fsp3) is 0.531. The second kappa shape index (κ2) is 13.7. The molecule has 3 unspecified atom stereocenters. The van der Waals surface area contributed by atoms with Crippen LogP contribution in [0.15, 0.2) is 47.6 Å². The molecule has 1 fully saturated rings. The lowest BCUT2D eigenvalue weighted by Crippen LogP contribution is -2.46. The van der Waals surface area contributed by atoms with Crippen molar-refractivity contribution in [2.45, 2.75) is 96.4 Å². The molecular weight excluding hydrogens is 490 g/mol. The van der Waals surface area contributed by atoms with Crippen molar-refractivity contribution >= 4 is 17.8 Å². The first-order chi connectivity index (χ1) is 19.0. The van der Waals surface area contributed by atoms with Crippen molar-refractivity contribution in [2.24, 2.45) is 16.8 Å². The third kappa shape index (κ3) is 6.88. The molecule has 1 aliphatic heterocycles. The molecule has 1 aliphatic carbocycles. The Hall–Kier alpha value is -3.19. The highest BCUT2D eigenvalue weighted by Crippen LogP contribution is 2.36. The van der Waals surface area contributed by atoms with E-state index in [1.54, 1.807) is 12.1 Å². The molecule has 3 atom stereocenters. The molecule has 0 bridgehead atoms. The van der Waals surface area contributed by atoms with E-state index in [1.165, 1.54) is 12.8 Å². The molecule has 1 heterocycles. The van der Waals surface area contributed by atoms with Crippen molar-refractivity contribution in [3.8, 4) is 11.5 Å². The van der Waals surface area contributed by atoms with E-state index >= 15 is 0 Å². The van der Waals surface area contributed by atoms with E-state index in [2.05, 4.69) is 13.8 Å². The number of ketones is 1. The molecule has 0 saturated heterocycles. The van der Waals surface area contributed by atoms with E-state index < -0.39 is 12.2 Å². The minimum Gasteiger partial charge on any atom is -0.493 e. The zero-order chi connectivity index (χ0) is 27.8. The van der Waals surface area contributed by atoms with Gasteiger partial charge in [0.25, 0.3) is 0 Å². The summed E-state index contributed by atoms with van der Waals surface area (Å²) in [6.07, 6.45) is 10.1. The summed E-state index contributed by atoms with van der Waals surface area (Å²) in [7, 11) is 1.66. The van der Waals surface area contributed by atoms with E-state index in [4.69, 9.17) is 20.3 Å². The number of rotatable bonds is 13. The quantitative estimate of drug-likeness (QED) is 0.181. The molecular formula is C32H43N3O4. The van der Waals surface area contributed by atoms with Gasteiger partial charge in [-0.2, -0.15) is 5.10 Å². The number of hydrazone groups is 1. The number of hydrogen-bond acceptors (Lipinski definition) is 7. The van der Waals surface area contributed by atoms with E-state index in [0.29, 0.717) is 24.2 Å². The highest BCUT2D eigenvalue weighted by molar-refractivity contribution is 6.03. The molecule has 210 valence electrons. The fourth-order valence-corrected chi connectivity index (χ4v) is 5.64. The average Bonchev–Trinajstić information content (AvgIpc) is 3.49. The number of carbonyl (C=O) groups is 2. The van der Waals surface area contributed by atoms with Crippen molar-refractivity contribution < 1.29 is 19.1 Å². The fourth-order valence-electron chi connectivity index (χ4n) is 5.64. The standard InChI is InChI=1S/C32H43N3O4/c1-4-6-7-12-28(37)23-13-15-24(16-14-23)32(33)35-26(21-36)19-22(5-2)31(34-35)25-17-18-29(38-3)30(20-25)39-27-10-8-9-11-27/h13-18,20-22,26-27,32H,4-12,19,33H2,1-3H3. The number of nitrogens with two attached hydrogens (primary N) is 1. The first kappa shape index (κ1) is 28.8. The SMILES string of the molecule is CCCCCC(=O)c1ccc(C(N)N2N=C(c3ccc(OC)c(OC4CCCC4)c3)C(CC)CC2C=O)cc1. The second-order valence-electron chi connectivity index (χ2n) is 10.7. The summed E-state index contributed by atoms with van der Waals surface area (Å²) < 4.78 is 11.9. The van der Waals surface area contributed by atoms with Gasteiger partial charge in [-0.05, 0) is 68.7 Å². The van der Waals surface area contributed by atoms with Crippen LogP contribution in [0.1, 0.15) is 106 Å². The predicted octanol–water partition coefficient (Wildman–Crippen LogP) is 6.44. The van der Waals surface area contributed by atoms with Crippen molar-refractivity contribution in [1.82, 2.24) is 5.01 Å². The van der Waals surface area contributed by atoms with Crippen molar-refractivity contribution in [3.05, 3.63) is 59.2 Å². The maximum absolute atomic E-state index is 12.5. The number of unbranched alkanes of at least 4 members (excludes halogenated alkanes) is 2. The Bertz CT molecular complexity index is 1140. The van der Waals surface area contributed by atoms with E-state index in [1.807, 2.05) is 42.5 Å². The van der Waals surface area contributed by atoms with Crippen LogP contribution in [0.4, 0.5) is 0 Å². The summed E-state index contributed by atoms with van der Waals surface area (Å²) in [6.45, 7) is 4.25. The highest BCUT2D eigenvalue weighted by atomic mass is 16.5. The smallest absolute Gasteiger partial charge is 0.162 e. The molecule has 39 heavy (non-hydrogen) atoms. The molecule has 0 spiro atoms. The number of benzene rings is 2. The Balaban J connectivity index is 1.60. The summed E-state index contributed by atoms with van der Waals surface area (Å²) in [5, 5.41) is 6.72. The van der Waals surface area contributed by atoms with Crippen LogP contribution >= 0.6 is 0 Å². The van der Waals surface area contributed by atoms with Gasteiger partial charge in [-0.3, -0.25) is 9.80 Å². The molecule has 7 nitrogen and oxygen atoms in total. The predicted molar refractivity (Wildman–Crippen MR) is 154 cm³/mol. The molecule has 4 rings (SSSR count). The maximum atomic E-state index is 12.5. The lowest BCUT2D eigenvalue weighted by atomic mass is 9.87. The zero-order valence-electron chi connectivity index (χ0n) is 23.6. The Morgan fingerprint density at radius 1 is 1.10 bits per heavy atom. The van der Waals surface area contributed by atoms with Gasteiger partial charge in [0.05, 0.1) is 18.9 Å². The van der Waals surface area contributed by atoms with Crippen molar-refractivity contribution in [1.29, 1.82) is 0 Å². The number of nitrogens with zero attached hydrogens (tertiary/aromatic N) is 2. The number of aldehydes is 1. The third-order valence-electron chi connectivity index (χ3n) is 8.05. The lowest BCUT2D eigenvalue weighted by molar-refractivity contribution is -0.114. The number of ether oxygens (including phenoxy) is 2. The number of carbonyl (C=O) groups excluding carboxylic acids is 2. The van der Waals surface area contributed by atoms with Gasteiger partial charge >= 0.3 is 0 Å². The number of Topliss-reactive ketones (excluding diaryl/α,β-unsaturated/α-hetero) is 1. The average molecular weight is 534 g/mol. The maximum Gasteiger partial charge on any atom is 0.162 e. The summed E-state index contributed by atoms with van der Waals surface area (Å²) in [5.74, 6) is 1.69. The van der Waals surface area contributed by atoms with E-state index in [-0.39, 0.29) is 17.8 Å². The van der Waals surface area contributed by atoms with Gasteiger partial charge in [-0.1, -0.05) is 51.0 Å². The van der Waals surface area contributed by atoms with Crippen LogP contribution in [0, 0.1) is 5.92 Å². The Morgan fingerprint density at radius 2 is 1.85 bits per heavy atom. The van der Waals surface area contributed by atoms with Crippen LogP contribution in [-0.4, -0.2) is 42.0 Å². The molecule has 0 amide bonds. The van der Waals surface area contributed by atoms with Gasteiger partial charge in [0.15, 0.2) is 17.3 Å². The minimum atomic E-state index is -0.621. The van der Waals surface area contributed by atoms with Gasteiger partial charge in [0, 0.05) is 23.5 Å². The van der Waals surface area contributed by atoms with E-state index in [9.17, 15) is 9.59 Å². The number of hydrogen-bond donors (Lipinski definition) is 1. The van der Waals surface area contributed by atoms with Crippen molar-refractivity contribution in [2.75, 3.05) is 7.11 Å². The van der Waals surface area contributed by atoms with Gasteiger partial charge in [-0.15, -0.1) is 0 Å². The van der Waals surface area contributed by atoms with Crippen molar-refractivity contribution in [3.63, 3.8) is 0 Å². The molecule has 2 aromatic rings. The normalized spacial score (nSPS) is 20.4. The lowest BCUT2D eigenvalue weighted by Gasteiger charge is -2.38. The molecule has 7 heteroatoms. The van der Waals surface area contributed by atoms with Crippen LogP contribution in [0.2, 0.25) is 0 Å². The summed E-state index contributed by atoms with van der Waals surface area (Å²) in [6, 6.07) is 12.9. The molecule has 0 radical (unpaired) electrons. The highest BCUT2D eigenvalue weighted by Gasteiger charge is 2.34. The van der Waals surface area contributed by atoms with Gasteiger partial charge < -0.3 is 20.0 Å². The monoisotopic (exact) mass is 533 g/mol. The second-order valence-corrected chi connectivity index (χ2v) is 10.7. The number of methoxy groups -OCH3 is 1. The van der Waals surface area contributed by atoms with Gasteiger partial charge in [0.2, 0.25) is 0 Å². The minimum absolute atomic E-state index is 0.111. The zero-order valence-corrected chi connectivity index (χ0v) is 23.6. The first-order valence-electron chi connectivity index (χ1n) is 14.5.